The highest BCUT2D eigenvalue weighted by molar-refractivity contribution is 7.10. The minimum absolute atomic E-state index is 0.0315. The van der Waals surface area contributed by atoms with Crippen molar-refractivity contribution in [3.63, 3.8) is 0 Å². The molecule has 1 aliphatic rings. The summed E-state index contributed by atoms with van der Waals surface area (Å²) in [5.41, 5.74) is 2.87. The van der Waals surface area contributed by atoms with E-state index in [2.05, 4.69) is 35.8 Å². The quantitative estimate of drug-likeness (QED) is 0.462. The highest BCUT2D eigenvalue weighted by atomic mass is 32.1. The first-order valence-electron chi connectivity index (χ1n) is 11.7. The number of carbonyl (C=O) groups excluding carboxylic acids is 2. The van der Waals surface area contributed by atoms with Gasteiger partial charge in [-0.2, -0.15) is 0 Å². The van der Waals surface area contributed by atoms with Gasteiger partial charge in [0.05, 0.1) is 18.8 Å². The molecule has 1 aliphatic heterocycles. The Morgan fingerprint density at radius 2 is 1.88 bits per heavy atom. The topological polar surface area (TPSA) is 61.9 Å². The monoisotopic (exact) mass is 477 g/mol. The summed E-state index contributed by atoms with van der Waals surface area (Å²) >= 11 is 1.75. The van der Waals surface area contributed by atoms with Crippen LogP contribution in [0.3, 0.4) is 0 Å². The Hall–Kier alpha value is -3.32. The van der Waals surface area contributed by atoms with E-state index in [1.165, 1.54) is 10.4 Å². The average Bonchev–Trinajstić information content (AvgIpc) is 3.35. The molecule has 2 heterocycles. The van der Waals surface area contributed by atoms with Crippen LogP contribution in [0.2, 0.25) is 0 Å². The van der Waals surface area contributed by atoms with Gasteiger partial charge in [-0.1, -0.05) is 55.8 Å². The summed E-state index contributed by atoms with van der Waals surface area (Å²) in [5.74, 6) is 0.541. The maximum absolute atomic E-state index is 13.7. The maximum Gasteiger partial charge on any atom is 0.322 e. The number of nitrogens with zero attached hydrogens (tertiary/aromatic N) is 2. The highest BCUT2D eigenvalue weighted by Gasteiger charge is 2.33. The second-order valence-electron chi connectivity index (χ2n) is 8.36. The second kappa shape index (κ2) is 11.2. The van der Waals surface area contributed by atoms with Crippen molar-refractivity contribution in [1.82, 2.24) is 9.80 Å². The Kier molecular flexibility index (Phi) is 7.85. The zero-order chi connectivity index (χ0) is 23.9. The van der Waals surface area contributed by atoms with Crippen molar-refractivity contribution < 1.29 is 14.3 Å². The molecule has 0 saturated carbocycles. The minimum Gasteiger partial charge on any atom is -0.495 e. The number of fused-ring (bicyclic) bond motifs is 1. The lowest BCUT2D eigenvalue weighted by atomic mass is 9.93. The lowest BCUT2D eigenvalue weighted by Crippen LogP contribution is -2.48. The lowest BCUT2D eigenvalue weighted by Gasteiger charge is -2.37. The van der Waals surface area contributed by atoms with Crippen LogP contribution in [0.25, 0.3) is 0 Å². The lowest BCUT2D eigenvalue weighted by molar-refractivity contribution is -0.133. The molecule has 6 nitrogen and oxygen atoms in total. The van der Waals surface area contributed by atoms with Crippen molar-refractivity contribution in [2.75, 3.05) is 32.1 Å². The number of urea groups is 1. The van der Waals surface area contributed by atoms with Gasteiger partial charge in [0.2, 0.25) is 5.91 Å². The molecule has 178 valence electrons. The van der Waals surface area contributed by atoms with E-state index in [0.717, 1.165) is 24.8 Å². The Morgan fingerprint density at radius 3 is 2.65 bits per heavy atom. The number of carbonyl (C=O) groups is 2. The van der Waals surface area contributed by atoms with Crippen molar-refractivity contribution in [3.05, 3.63) is 82.0 Å². The van der Waals surface area contributed by atoms with Gasteiger partial charge in [-0.05, 0) is 47.5 Å². The molecular weight excluding hydrogens is 446 g/mol. The van der Waals surface area contributed by atoms with Gasteiger partial charge in [-0.3, -0.25) is 4.79 Å². The Balaban J connectivity index is 1.55. The molecule has 0 saturated heterocycles. The van der Waals surface area contributed by atoms with E-state index in [1.54, 1.807) is 35.5 Å². The summed E-state index contributed by atoms with van der Waals surface area (Å²) in [4.78, 5) is 31.7. The van der Waals surface area contributed by atoms with Gasteiger partial charge in [-0.25, -0.2) is 4.79 Å². The summed E-state index contributed by atoms with van der Waals surface area (Å²) in [6.45, 7) is 3.26. The van der Waals surface area contributed by atoms with Gasteiger partial charge in [0.1, 0.15) is 12.3 Å². The van der Waals surface area contributed by atoms with Crippen LogP contribution in [-0.2, 0) is 11.2 Å². The predicted molar refractivity (Wildman–Crippen MR) is 137 cm³/mol. The molecule has 0 aliphatic carbocycles. The fourth-order valence-electron chi connectivity index (χ4n) is 4.38. The largest absolute Gasteiger partial charge is 0.495 e. The normalized spacial score (nSPS) is 14.9. The summed E-state index contributed by atoms with van der Waals surface area (Å²) < 4.78 is 5.36. The van der Waals surface area contributed by atoms with Crippen LogP contribution in [0.1, 0.15) is 41.8 Å². The first-order chi connectivity index (χ1) is 16.6. The molecule has 1 unspecified atom stereocenters. The fourth-order valence-corrected chi connectivity index (χ4v) is 5.28. The number of para-hydroxylation sites is 2. The average molecular weight is 478 g/mol. The first-order valence-corrected chi connectivity index (χ1v) is 12.6. The molecule has 2 aromatic carbocycles. The van der Waals surface area contributed by atoms with E-state index in [0.29, 0.717) is 24.5 Å². The van der Waals surface area contributed by atoms with Gasteiger partial charge < -0.3 is 19.9 Å². The van der Waals surface area contributed by atoms with Gasteiger partial charge >= 0.3 is 6.03 Å². The number of amides is 3. The number of methoxy groups -OCH3 is 1. The van der Waals surface area contributed by atoms with Crippen molar-refractivity contribution in [2.24, 2.45) is 0 Å². The minimum atomic E-state index is -0.296. The second-order valence-corrected chi connectivity index (χ2v) is 9.36. The number of rotatable bonds is 8. The van der Waals surface area contributed by atoms with Gasteiger partial charge in [0.15, 0.2) is 0 Å². The van der Waals surface area contributed by atoms with Crippen molar-refractivity contribution in [3.8, 4) is 5.75 Å². The predicted octanol–water partition coefficient (Wildman–Crippen LogP) is 5.57. The van der Waals surface area contributed by atoms with Crippen LogP contribution >= 0.6 is 11.3 Å². The summed E-state index contributed by atoms with van der Waals surface area (Å²) in [5, 5.41) is 5.03. The molecule has 0 fully saturated rings. The van der Waals surface area contributed by atoms with E-state index in [9.17, 15) is 9.59 Å². The van der Waals surface area contributed by atoms with E-state index in [-0.39, 0.29) is 24.5 Å². The van der Waals surface area contributed by atoms with Crippen LogP contribution < -0.4 is 10.1 Å². The van der Waals surface area contributed by atoms with Crippen LogP contribution in [0.15, 0.2) is 66.0 Å². The number of thiophene rings is 1. The zero-order valence-electron chi connectivity index (χ0n) is 19.7. The smallest absolute Gasteiger partial charge is 0.322 e. The molecule has 1 aromatic heterocycles. The third-order valence-electron chi connectivity index (χ3n) is 6.15. The summed E-state index contributed by atoms with van der Waals surface area (Å²) in [7, 11) is 1.57. The molecule has 3 aromatic rings. The van der Waals surface area contributed by atoms with Crippen LogP contribution in [0.4, 0.5) is 10.5 Å². The molecule has 1 atom stereocenters. The van der Waals surface area contributed by atoms with E-state index >= 15 is 0 Å². The molecule has 3 amide bonds. The molecule has 1 N–H and O–H groups in total. The van der Waals surface area contributed by atoms with Crippen LogP contribution in [-0.4, -0.2) is 48.5 Å². The summed E-state index contributed by atoms with van der Waals surface area (Å²) in [6.07, 6.45) is 2.59. The highest BCUT2D eigenvalue weighted by Crippen LogP contribution is 2.37. The summed E-state index contributed by atoms with van der Waals surface area (Å²) in [6, 6.07) is 19.1. The standard InChI is InChI=1S/C27H31N3O3S/c1-3-4-16-29(27(32)28-22-12-8-9-13-23(22)33-2)19-25(31)30-17-14-24-21(15-18-34-24)26(30)20-10-6-5-7-11-20/h5-13,15,18,26H,3-4,14,16-17,19H2,1-2H3,(H,28,32). The Morgan fingerprint density at radius 1 is 1.12 bits per heavy atom. The van der Waals surface area contributed by atoms with Crippen molar-refractivity contribution >= 4 is 29.0 Å². The van der Waals surface area contributed by atoms with E-state index in [4.69, 9.17) is 4.74 Å². The molecule has 34 heavy (non-hydrogen) atoms. The molecule has 7 heteroatoms. The van der Waals surface area contributed by atoms with E-state index in [1.807, 2.05) is 35.2 Å². The van der Waals surface area contributed by atoms with Crippen LogP contribution in [0, 0.1) is 0 Å². The number of nitrogens with one attached hydrogen (secondary N) is 1. The Labute approximate surface area is 205 Å². The number of hydrogen-bond acceptors (Lipinski definition) is 4. The molecular formula is C27H31N3O3S. The van der Waals surface area contributed by atoms with Crippen molar-refractivity contribution in [1.29, 1.82) is 0 Å². The third kappa shape index (κ3) is 5.25. The van der Waals surface area contributed by atoms with Crippen LogP contribution in [0.5, 0.6) is 5.75 Å². The number of hydrogen-bond donors (Lipinski definition) is 1. The van der Waals surface area contributed by atoms with Gasteiger partial charge in [0.25, 0.3) is 0 Å². The molecule has 0 spiro atoms. The molecule has 4 rings (SSSR count). The maximum atomic E-state index is 13.7. The SMILES string of the molecule is CCCCN(CC(=O)N1CCc2sccc2C1c1ccccc1)C(=O)Nc1ccccc1OC. The first kappa shape index (κ1) is 23.8. The number of unbranched alkanes of at least 4 members (excludes halogenated alkanes) is 1. The third-order valence-corrected chi connectivity index (χ3v) is 7.14. The van der Waals surface area contributed by atoms with Gasteiger partial charge in [0, 0.05) is 18.0 Å². The van der Waals surface area contributed by atoms with Crippen molar-refractivity contribution in [2.45, 2.75) is 32.2 Å². The zero-order valence-corrected chi connectivity index (χ0v) is 20.5. The molecule has 0 bridgehead atoms. The number of ether oxygens (including phenoxy) is 1. The molecule has 0 radical (unpaired) electrons. The number of anilines is 1. The van der Waals surface area contributed by atoms with Gasteiger partial charge in [-0.15, -0.1) is 11.3 Å². The number of benzene rings is 2. The fraction of sp³-hybridized carbons (Fsp3) is 0.333. The van der Waals surface area contributed by atoms with E-state index < -0.39 is 0 Å². The Bertz CT molecular complexity index is 1120.